The van der Waals surface area contributed by atoms with E-state index >= 15 is 0 Å². The van der Waals surface area contributed by atoms with Gasteiger partial charge < -0.3 is 15.2 Å². The molecule has 2 atom stereocenters. The predicted molar refractivity (Wildman–Crippen MR) is 118 cm³/mol. The molecule has 0 bridgehead atoms. The number of aliphatic hydroxyl groups excluding tert-OH is 1. The number of ether oxygens (including phenoxy) is 1. The lowest BCUT2D eigenvalue weighted by Gasteiger charge is -2.29. The summed E-state index contributed by atoms with van der Waals surface area (Å²) in [4.78, 5) is 21.4. The number of nitrogens with one attached hydrogen (secondary N) is 1. The van der Waals surface area contributed by atoms with Gasteiger partial charge in [-0.1, -0.05) is 0 Å². The van der Waals surface area contributed by atoms with Gasteiger partial charge >= 0.3 is 0 Å². The zero-order valence-electron chi connectivity index (χ0n) is 18.7. The first-order valence-electron chi connectivity index (χ1n) is 10.9. The molecule has 170 valence electrons. The van der Waals surface area contributed by atoms with Gasteiger partial charge in [-0.15, -0.1) is 0 Å². The number of halogens is 1. The van der Waals surface area contributed by atoms with Gasteiger partial charge in [-0.3, -0.25) is 14.5 Å². The number of amides is 1. The molecular formula is C23H28FN5O3. The molecule has 1 amide bonds. The fourth-order valence-corrected chi connectivity index (χ4v) is 4.17. The minimum absolute atomic E-state index is 0.0446. The zero-order valence-corrected chi connectivity index (χ0v) is 18.7. The summed E-state index contributed by atoms with van der Waals surface area (Å²) in [6.07, 6.45) is 4.23. The van der Waals surface area contributed by atoms with E-state index in [0.717, 1.165) is 12.6 Å². The lowest BCUT2D eigenvalue weighted by Crippen LogP contribution is -2.51. The van der Waals surface area contributed by atoms with Gasteiger partial charge in [0.15, 0.2) is 5.82 Å². The molecule has 8 nitrogen and oxygen atoms in total. The third kappa shape index (κ3) is 3.92. The van der Waals surface area contributed by atoms with Crippen molar-refractivity contribution >= 4 is 16.9 Å². The number of nitrogens with zero attached hydrogens (tertiary/aromatic N) is 4. The van der Waals surface area contributed by atoms with Gasteiger partial charge in [0.25, 0.3) is 5.91 Å². The summed E-state index contributed by atoms with van der Waals surface area (Å²) in [6.45, 7) is 7.99. The van der Waals surface area contributed by atoms with Crippen LogP contribution in [0.1, 0.15) is 63.4 Å². The SMILES string of the molecule is CCOc1cc(-c2nn(C(C)C)c3cc(C(=O)NC4(C)CCC[C@H]4O)cnc23)c(F)cn1. The molecule has 1 unspecified atom stereocenters. The molecule has 4 rings (SSSR count). The molecule has 32 heavy (non-hydrogen) atoms. The highest BCUT2D eigenvalue weighted by Gasteiger charge is 2.39. The quantitative estimate of drug-likeness (QED) is 0.606. The number of hydrogen-bond donors (Lipinski definition) is 2. The Labute approximate surface area is 185 Å². The first kappa shape index (κ1) is 22.1. The van der Waals surface area contributed by atoms with E-state index < -0.39 is 17.5 Å². The molecule has 1 fully saturated rings. The van der Waals surface area contributed by atoms with E-state index in [2.05, 4.69) is 20.4 Å². The highest BCUT2D eigenvalue weighted by atomic mass is 19.1. The predicted octanol–water partition coefficient (Wildman–Crippen LogP) is 3.65. The van der Waals surface area contributed by atoms with Crippen LogP contribution >= 0.6 is 0 Å². The van der Waals surface area contributed by atoms with Crippen LogP contribution in [0, 0.1) is 5.82 Å². The van der Waals surface area contributed by atoms with Crippen LogP contribution in [0.4, 0.5) is 4.39 Å². The van der Waals surface area contributed by atoms with Gasteiger partial charge in [0, 0.05) is 23.9 Å². The summed E-state index contributed by atoms with van der Waals surface area (Å²) in [5.41, 5.74) is 1.39. The number of carbonyl (C=O) groups is 1. The minimum Gasteiger partial charge on any atom is -0.478 e. The van der Waals surface area contributed by atoms with Gasteiger partial charge in [0.2, 0.25) is 5.88 Å². The second-order valence-electron chi connectivity index (χ2n) is 8.69. The van der Waals surface area contributed by atoms with Gasteiger partial charge in [0.05, 0.1) is 35.5 Å². The minimum atomic E-state index is -0.661. The van der Waals surface area contributed by atoms with E-state index in [9.17, 15) is 14.3 Å². The smallest absolute Gasteiger partial charge is 0.253 e. The number of pyridine rings is 2. The normalized spacial score (nSPS) is 20.8. The maximum absolute atomic E-state index is 14.7. The Bertz CT molecular complexity index is 1160. The van der Waals surface area contributed by atoms with Crippen molar-refractivity contribution in [3.63, 3.8) is 0 Å². The molecule has 1 aliphatic carbocycles. The number of carbonyl (C=O) groups excluding carboxylic acids is 1. The number of aromatic nitrogens is 4. The fourth-order valence-electron chi connectivity index (χ4n) is 4.17. The third-order valence-electron chi connectivity index (χ3n) is 5.98. The van der Waals surface area contributed by atoms with E-state index in [0.29, 0.717) is 47.6 Å². The molecule has 0 spiro atoms. The molecule has 1 saturated carbocycles. The first-order valence-corrected chi connectivity index (χ1v) is 10.9. The van der Waals surface area contributed by atoms with Crippen LogP contribution in [0.3, 0.4) is 0 Å². The van der Waals surface area contributed by atoms with E-state index in [1.807, 2.05) is 27.7 Å². The van der Waals surface area contributed by atoms with Gasteiger partial charge in [-0.25, -0.2) is 9.37 Å². The van der Waals surface area contributed by atoms with Crippen molar-refractivity contribution in [2.75, 3.05) is 6.61 Å². The molecule has 0 saturated heterocycles. The van der Waals surface area contributed by atoms with Crippen LogP contribution in [0.5, 0.6) is 5.88 Å². The fraction of sp³-hybridized carbons (Fsp3) is 0.478. The Balaban J connectivity index is 1.77. The summed E-state index contributed by atoms with van der Waals surface area (Å²) in [5.74, 6) is -0.541. The van der Waals surface area contributed by atoms with Crippen molar-refractivity contribution < 1.29 is 19.0 Å². The van der Waals surface area contributed by atoms with Crippen LogP contribution in [0.2, 0.25) is 0 Å². The number of aliphatic hydroxyl groups is 1. The molecule has 0 aliphatic heterocycles. The Morgan fingerprint density at radius 2 is 2.16 bits per heavy atom. The molecule has 0 aromatic carbocycles. The Morgan fingerprint density at radius 3 is 2.81 bits per heavy atom. The second kappa shape index (κ2) is 8.46. The Morgan fingerprint density at radius 1 is 1.38 bits per heavy atom. The summed E-state index contributed by atoms with van der Waals surface area (Å²) < 4.78 is 21.8. The number of hydrogen-bond acceptors (Lipinski definition) is 6. The van der Waals surface area contributed by atoms with E-state index in [1.54, 1.807) is 10.7 Å². The monoisotopic (exact) mass is 441 g/mol. The average Bonchev–Trinajstić information content (AvgIpc) is 3.29. The lowest BCUT2D eigenvalue weighted by atomic mass is 9.97. The Kier molecular flexibility index (Phi) is 5.85. The van der Waals surface area contributed by atoms with Crippen LogP contribution < -0.4 is 10.1 Å². The summed E-state index contributed by atoms with van der Waals surface area (Å²) in [5, 5.41) is 17.8. The van der Waals surface area contributed by atoms with Crippen molar-refractivity contribution in [3.05, 3.63) is 35.9 Å². The van der Waals surface area contributed by atoms with Gasteiger partial charge in [-0.2, -0.15) is 5.10 Å². The molecule has 1 aliphatic rings. The first-order chi connectivity index (χ1) is 15.2. The lowest BCUT2D eigenvalue weighted by molar-refractivity contribution is 0.0708. The van der Waals surface area contributed by atoms with Crippen molar-refractivity contribution in [2.45, 2.75) is 64.6 Å². The van der Waals surface area contributed by atoms with Crippen LogP contribution in [-0.2, 0) is 0 Å². The van der Waals surface area contributed by atoms with Crippen molar-refractivity contribution in [1.82, 2.24) is 25.1 Å². The second-order valence-corrected chi connectivity index (χ2v) is 8.69. The highest BCUT2D eigenvalue weighted by molar-refractivity contribution is 5.99. The average molecular weight is 442 g/mol. The van der Waals surface area contributed by atoms with Gasteiger partial charge in [-0.05, 0) is 53.0 Å². The molecule has 3 aromatic heterocycles. The van der Waals surface area contributed by atoms with Crippen molar-refractivity contribution in [3.8, 4) is 17.1 Å². The number of fused-ring (bicyclic) bond motifs is 1. The third-order valence-corrected chi connectivity index (χ3v) is 5.98. The largest absolute Gasteiger partial charge is 0.478 e. The molecule has 0 radical (unpaired) electrons. The summed E-state index contributed by atoms with van der Waals surface area (Å²) in [6, 6.07) is 3.17. The van der Waals surface area contributed by atoms with Crippen molar-refractivity contribution in [2.24, 2.45) is 0 Å². The topological polar surface area (TPSA) is 102 Å². The molecular weight excluding hydrogens is 413 g/mol. The molecule has 2 N–H and O–H groups in total. The molecule has 3 aromatic rings. The van der Waals surface area contributed by atoms with E-state index in [-0.39, 0.29) is 17.5 Å². The highest BCUT2D eigenvalue weighted by Crippen LogP contribution is 2.33. The maximum Gasteiger partial charge on any atom is 0.253 e. The maximum atomic E-state index is 14.7. The van der Waals surface area contributed by atoms with E-state index in [1.165, 1.54) is 12.3 Å². The molecule has 9 heteroatoms. The van der Waals surface area contributed by atoms with Crippen LogP contribution in [0.15, 0.2) is 24.5 Å². The summed E-state index contributed by atoms with van der Waals surface area (Å²) >= 11 is 0. The van der Waals surface area contributed by atoms with E-state index in [4.69, 9.17) is 4.74 Å². The van der Waals surface area contributed by atoms with Crippen LogP contribution in [-0.4, -0.2) is 49.0 Å². The zero-order chi connectivity index (χ0) is 23.0. The van der Waals surface area contributed by atoms with Gasteiger partial charge in [0.1, 0.15) is 11.2 Å². The standard InChI is InChI=1S/C23H28FN5O3/c1-5-32-19-10-15(16(24)12-25-19)20-21-17(29(28-20)13(2)3)9-14(11-26-21)22(31)27-23(4)8-6-7-18(23)30/h9-13,18,30H,5-8H2,1-4H3,(H,27,31)/t18-,23?/m1/s1. The Hall–Kier alpha value is -3.07. The summed E-state index contributed by atoms with van der Waals surface area (Å²) in [7, 11) is 0. The van der Waals surface area contributed by atoms with Crippen molar-refractivity contribution in [1.29, 1.82) is 0 Å². The number of rotatable bonds is 6. The van der Waals surface area contributed by atoms with Crippen LogP contribution in [0.25, 0.3) is 22.3 Å². The molecule has 3 heterocycles.